The Hall–Kier alpha value is -1.88. The maximum Gasteiger partial charge on any atom is 0.253 e. The van der Waals surface area contributed by atoms with Gasteiger partial charge in [-0.05, 0) is 25.5 Å². The van der Waals surface area contributed by atoms with Crippen LogP contribution < -0.4 is 10.9 Å². The summed E-state index contributed by atoms with van der Waals surface area (Å²) in [7, 11) is 0. The SMILES string of the molecule is CC(=O)NNC1CCN(C(=O)c2ccc(C)cc2)C1. The zero-order valence-electron chi connectivity index (χ0n) is 11.3. The molecule has 1 aliphatic rings. The van der Waals surface area contributed by atoms with Gasteiger partial charge in [-0.3, -0.25) is 15.0 Å². The largest absolute Gasteiger partial charge is 0.337 e. The monoisotopic (exact) mass is 261 g/mol. The Morgan fingerprint density at radius 2 is 1.95 bits per heavy atom. The van der Waals surface area contributed by atoms with Crippen LogP contribution in [0.15, 0.2) is 24.3 Å². The van der Waals surface area contributed by atoms with Gasteiger partial charge in [-0.1, -0.05) is 17.7 Å². The molecule has 0 spiro atoms. The van der Waals surface area contributed by atoms with E-state index in [1.807, 2.05) is 36.1 Å². The highest BCUT2D eigenvalue weighted by atomic mass is 16.2. The summed E-state index contributed by atoms with van der Waals surface area (Å²) in [6.07, 6.45) is 0.845. The van der Waals surface area contributed by atoms with Crippen LogP contribution in [0.2, 0.25) is 0 Å². The van der Waals surface area contributed by atoms with E-state index in [2.05, 4.69) is 10.9 Å². The lowest BCUT2D eigenvalue weighted by Gasteiger charge is -2.17. The number of hydrazine groups is 1. The first-order valence-corrected chi connectivity index (χ1v) is 6.44. The molecule has 0 aromatic heterocycles. The van der Waals surface area contributed by atoms with Crippen LogP contribution in [0.4, 0.5) is 0 Å². The topological polar surface area (TPSA) is 61.4 Å². The molecule has 1 aliphatic heterocycles. The van der Waals surface area contributed by atoms with E-state index < -0.39 is 0 Å². The second-order valence-corrected chi connectivity index (χ2v) is 4.93. The molecule has 0 saturated carbocycles. The summed E-state index contributed by atoms with van der Waals surface area (Å²) in [6.45, 7) is 4.78. The second kappa shape index (κ2) is 5.84. The molecule has 5 nitrogen and oxygen atoms in total. The molecule has 0 radical (unpaired) electrons. The predicted octanol–water partition coefficient (Wildman–Crippen LogP) is 0.850. The van der Waals surface area contributed by atoms with Crippen molar-refractivity contribution in [2.24, 2.45) is 0 Å². The summed E-state index contributed by atoms with van der Waals surface area (Å²) in [5, 5.41) is 0. The molecule has 1 atom stereocenters. The van der Waals surface area contributed by atoms with Gasteiger partial charge in [-0.25, -0.2) is 5.43 Å². The number of nitrogens with one attached hydrogen (secondary N) is 2. The van der Waals surface area contributed by atoms with Gasteiger partial charge in [-0.2, -0.15) is 0 Å². The minimum absolute atomic E-state index is 0.0483. The Morgan fingerprint density at radius 1 is 1.26 bits per heavy atom. The molecular weight excluding hydrogens is 242 g/mol. The molecule has 1 aromatic rings. The van der Waals surface area contributed by atoms with Gasteiger partial charge in [0, 0.05) is 31.6 Å². The summed E-state index contributed by atoms with van der Waals surface area (Å²) in [5.41, 5.74) is 7.36. The number of benzene rings is 1. The van der Waals surface area contributed by atoms with Crippen molar-refractivity contribution in [3.63, 3.8) is 0 Å². The van der Waals surface area contributed by atoms with Crippen LogP contribution in [0.1, 0.15) is 29.3 Å². The van der Waals surface area contributed by atoms with E-state index >= 15 is 0 Å². The van der Waals surface area contributed by atoms with E-state index in [0.29, 0.717) is 18.7 Å². The summed E-state index contributed by atoms with van der Waals surface area (Å²) in [5.74, 6) is -0.0737. The second-order valence-electron chi connectivity index (χ2n) is 4.93. The number of carbonyl (C=O) groups excluding carboxylic acids is 2. The molecular formula is C14H19N3O2. The highest BCUT2D eigenvalue weighted by Gasteiger charge is 2.26. The lowest BCUT2D eigenvalue weighted by Crippen LogP contribution is -2.45. The molecule has 0 bridgehead atoms. The molecule has 1 heterocycles. The van der Waals surface area contributed by atoms with Crippen molar-refractivity contribution in [3.8, 4) is 0 Å². The molecule has 2 N–H and O–H groups in total. The number of hydrogen-bond donors (Lipinski definition) is 2. The normalized spacial score (nSPS) is 18.4. The maximum absolute atomic E-state index is 12.3. The van der Waals surface area contributed by atoms with Crippen LogP contribution in [-0.2, 0) is 4.79 Å². The van der Waals surface area contributed by atoms with Crippen LogP contribution >= 0.6 is 0 Å². The van der Waals surface area contributed by atoms with Crippen molar-refractivity contribution in [1.29, 1.82) is 0 Å². The van der Waals surface area contributed by atoms with E-state index in [9.17, 15) is 9.59 Å². The maximum atomic E-state index is 12.3. The third-order valence-electron chi connectivity index (χ3n) is 3.23. The zero-order chi connectivity index (χ0) is 13.8. The lowest BCUT2D eigenvalue weighted by molar-refractivity contribution is -0.120. The Balaban J connectivity index is 1.91. The van der Waals surface area contributed by atoms with Gasteiger partial charge in [0.1, 0.15) is 0 Å². The van der Waals surface area contributed by atoms with Crippen molar-refractivity contribution < 1.29 is 9.59 Å². The minimum Gasteiger partial charge on any atom is -0.337 e. The lowest BCUT2D eigenvalue weighted by atomic mass is 10.1. The first kappa shape index (κ1) is 13.5. The van der Waals surface area contributed by atoms with Gasteiger partial charge in [0.25, 0.3) is 5.91 Å². The molecule has 1 saturated heterocycles. The molecule has 0 aliphatic carbocycles. The Morgan fingerprint density at radius 3 is 2.58 bits per heavy atom. The zero-order valence-corrected chi connectivity index (χ0v) is 11.3. The smallest absolute Gasteiger partial charge is 0.253 e. The standard InChI is InChI=1S/C14H19N3O2/c1-10-3-5-12(6-4-10)14(19)17-8-7-13(9-17)16-15-11(2)18/h3-6,13,16H,7-9H2,1-2H3,(H,15,18). The highest BCUT2D eigenvalue weighted by molar-refractivity contribution is 5.94. The predicted molar refractivity (Wildman–Crippen MR) is 72.4 cm³/mol. The van der Waals surface area contributed by atoms with Gasteiger partial charge in [0.2, 0.25) is 5.91 Å². The first-order chi connectivity index (χ1) is 9.06. The number of aryl methyl sites for hydroxylation is 1. The van der Waals surface area contributed by atoms with Crippen molar-refractivity contribution in [1.82, 2.24) is 15.8 Å². The summed E-state index contributed by atoms with van der Waals surface area (Å²) in [6, 6.07) is 7.71. The fourth-order valence-corrected chi connectivity index (χ4v) is 2.14. The van der Waals surface area contributed by atoms with Crippen LogP contribution in [0.3, 0.4) is 0 Å². The van der Waals surface area contributed by atoms with E-state index in [1.165, 1.54) is 6.92 Å². The summed E-state index contributed by atoms with van der Waals surface area (Å²) < 4.78 is 0. The Labute approximate surface area is 112 Å². The molecule has 1 aromatic carbocycles. The number of likely N-dealkylation sites (tertiary alicyclic amines) is 1. The number of amides is 2. The average Bonchev–Trinajstić information content (AvgIpc) is 2.85. The molecule has 2 amide bonds. The van der Waals surface area contributed by atoms with Gasteiger partial charge in [-0.15, -0.1) is 0 Å². The van der Waals surface area contributed by atoms with Gasteiger partial charge < -0.3 is 4.90 Å². The van der Waals surface area contributed by atoms with E-state index in [0.717, 1.165) is 12.0 Å². The van der Waals surface area contributed by atoms with Gasteiger partial charge >= 0.3 is 0 Å². The van der Waals surface area contributed by atoms with E-state index in [1.54, 1.807) is 0 Å². The number of nitrogens with zero attached hydrogens (tertiary/aromatic N) is 1. The Bertz CT molecular complexity index is 470. The van der Waals surface area contributed by atoms with Crippen LogP contribution in [0.25, 0.3) is 0 Å². The summed E-state index contributed by atoms with van der Waals surface area (Å²) in [4.78, 5) is 24.9. The fourth-order valence-electron chi connectivity index (χ4n) is 2.14. The molecule has 2 rings (SSSR count). The van der Waals surface area contributed by atoms with E-state index in [4.69, 9.17) is 0 Å². The third kappa shape index (κ3) is 3.54. The van der Waals surface area contributed by atoms with E-state index in [-0.39, 0.29) is 17.9 Å². The van der Waals surface area contributed by atoms with Crippen LogP contribution in [0, 0.1) is 6.92 Å². The molecule has 1 fully saturated rings. The van der Waals surface area contributed by atoms with Gasteiger partial charge in [0.15, 0.2) is 0 Å². The fraction of sp³-hybridized carbons (Fsp3) is 0.429. The van der Waals surface area contributed by atoms with Crippen LogP contribution in [0.5, 0.6) is 0 Å². The van der Waals surface area contributed by atoms with Crippen molar-refractivity contribution in [2.75, 3.05) is 13.1 Å². The molecule has 102 valence electrons. The number of rotatable bonds is 3. The minimum atomic E-state index is -0.122. The molecule has 1 unspecified atom stereocenters. The average molecular weight is 261 g/mol. The third-order valence-corrected chi connectivity index (χ3v) is 3.23. The van der Waals surface area contributed by atoms with Crippen molar-refractivity contribution >= 4 is 11.8 Å². The van der Waals surface area contributed by atoms with Crippen LogP contribution in [-0.4, -0.2) is 35.8 Å². The van der Waals surface area contributed by atoms with Crippen molar-refractivity contribution in [3.05, 3.63) is 35.4 Å². The Kier molecular flexibility index (Phi) is 4.16. The van der Waals surface area contributed by atoms with Crippen molar-refractivity contribution in [2.45, 2.75) is 26.3 Å². The highest BCUT2D eigenvalue weighted by Crippen LogP contribution is 2.13. The number of hydrogen-bond acceptors (Lipinski definition) is 3. The number of carbonyl (C=O) groups is 2. The first-order valence-electron chi connectivity index (χ1n) is 6.44. The molecule has 19 heavy (non-hydrogen) atoms. The summed E-state index contributed by atoms with van der Waals surface area (Å²) >= 11 is 0. The molecule has 5 heteroatoms. The van der Waals surface area contributed by atoms with Gasteiger partial charge in [0.05, 0.1) is 0 Å². The quantitative estimate of drug-likeness (QED) is 0.793.